The van der Waals surface area contributed by atoms with Gasteiger partial charge >= 0.3 is 5.97 Å². The first kappa shape index (κ1) is 23.9. The van der Waals surface area contributed by atoms with Gasteiger partial charge < -0.3 is 50.7 Å². The Morgan fingerprint density at radius 2 is 1.62 bits per heavy atom. The molecule has 0 radical (unpaired) electrons. The van der Waals surface area contributed by atoms with Gasteiger partial charge in [0.15, 0.2) is 0 Å². The van der Waals surface area contributed by atoms with Gasteiger partial charge in [0.2, 0.25) is 5.78 Å². The summed E-state index contributed by atoms with van der Waals surface area (Å²) < 4.78 is 5.53. The van der Waals surface area contributed by atoms with Gasteiger partial charge in [0, 0.05) is 17.2 Å². The number of benzene rings is 2. The summed E-state index contributed by atoms with van der Waals surface area (Å²) in [4.78, 5) is 25.0. The van der Waals surface area contributed by atoms with Crippen molar-refractivity contribution in [1.82, 2.24) is 0 Å². The summed E-state index contributed by atoms with van der Waals surface area (Å²) >= 11 is 0. The number of phenols is 3. The molecule has 4 rings (SSSR count). The maximum atomic E-state index is 13.3. The molecule has 0 spiro atoms. The van der Waals surface area contributed by atoms with Gasteiger partial charge in [-0.25, -0.2) is 4.79 Å². The molecule has 1 saturated heterocycles. The number of hydrogen-bond donors (Lipinski definition) is 9. The molecule has 12 nitrogen and oxygen atoms in total. The number of phenolic OH excluding ortho intramolecular Hbond substituents is 2. The van der Waals surface area contributed by atoms with E-state index in [1.807, 2.05) is 0 Å². The van der Waals surface area contributed by atoms with E-state index in [1.54, 1.807) is 0 Å². The lowest BCUT2D eigenvalue weighted by Gasteiger charge is -2.49. The van der Waals surface area contributed by atoms with Crippen molar-refractivity contribution in [2.45, 2.75) is 43.0 Å². The topological polar surface area (TPSA) is 225 Å². The molecule has 12 heteroatoms. The second-order valence-corrected chi connectivity index (χ2v) is 8.38. The maximum Gasteiger partial charge on any atom is 0.339 e. The van der Waals surface area contributed by atoms with Crippen molar-refractivity contribution >= 4 is 11.8 Å². The summed E-state index contributed by atoms with van der Waals surface area (Å²) in [5.74, 6) is -5.11. The average molecular weight is 478 g/mol. The van der Waals surface area contributed by atoms with Crippen LogP contribution in [0.3, 0.4) is 0 Å². The molecule has 1 fully saturated rings. The molecule has 6 atom stereocenters. The van der Waals surface area contributed by atoms with E-state index in [0.29, 0.717) is 0 Å². The lowest BCUT2D eigenvalue weighted by atomic mass is 9.67. The van der Waals surface area contributed by atoms with Crippen molar-refractivity contribution in [2.75, 3.05) is 6.61 Å². The molecule has 9 N–H and O–H groups in total. The third kappa shape index (κ3) is 3.08. The van der Waals surface area contributed by atoms with Crippen molar-refractivity contribution in [3.8, 4) is 17.2 Å². The van der Waals surface area contributed by atoms with Gasteiger partial charge in [0.25, 0.3) is 0 Å². The number of aliphatic hydroxyl groups is 5. The molecule has 0 amide bonds. The Hall–Kier alpha value is -3.26. The van der Waals surface area contributed by atoms with Crippen molar-refractivity contribution in [1.29, 1.82) is 0 Å². The van der Waals surface area contributed by atoms with E-state index in [1.165, 1.54) is 6.92 Å². The molecule has 2 aromatic rings. The maximum absolute atomic E-state index is 13.3. The van der Waals surface area contributed by atoms with Crippen LogP contribution in [0.5, 0.6) is 17.2 Å². The minimum absolute atomic E-state index is 0.0904. The van der Waals surface area contributed by atoms with Crippen LogP contribution in [-0.4, -0.2) is 94.8 Å². The minimum atomic E-state index is -2.69. The van der Waals surface area contributed by atoms with E-state index in [-0.39, 0.29) is 5.56 Å². The molecule has 2 aromatic carbocycles. The summed E-state index contributed by atoms with van der Waals surface area (Å²) in [6, 6.07) is 2.73. The molecular weight excluding hydrogens is 456 g/mol. The highest BCUT2D eigenvalue weighted by molar-refractivity contribution is 6.17. The zero-order valence-electron chi connectivity index (χ0n) is 17.6. The van der Waals surface area contributed by atoms with Crippen molar-refractivity contribution < 1.29 is 60.3 Å². The van der Waals surface area contributed by atoms with E-state index in [9.17, 15) is 55.5 Å². The zero-order valence-corrected chi connectivity index (χ0v) is 17.6. The lowest BCUT2D eigenvalue weighted by Crippen LogP contribution is -2.65. The van der Waals surface area contributed by atoms with Gasteiger partial charge in [0.1, 0.15) is 58.9 Å². The van der Waals surface area contributed by atoms with E-state index in [2.05, 4.69) is 0 Å². The highest BCUT2D eigenvalue weighted by Crippen LogP contribution is 2.51. The molecule has 0 aromatic heterocycles. The molecular formula is C22H22O12. The number of fused-ring (bicyclic) bond motifs is 2. The molecule has 2 aliphatic rings. The Bertz CT molecular complexity index is 1210. The number of carbonyl (C=O) groups is 2. The van der Waals surface area contributed by atoms with Crippen LogP contribution in [0.25, 0.3) is 0 Å². The van der Waals surface area contributed by atoms with E-state index in [0.717, 1.165) is 18.2 Å². The fourth-order valence-electron chi connectivity index (χ4n) is 4.78. The SMILES string of the molecule is Cc1cc2c(c(O)c1C(=O)O)C(=O)c1c(O)cc(O)cc1[C@]2(O)[C@@H]1O[C@H](CO)[C@@H](O)[C@H](O)[C@H]1O. The number of aliphatic hydroxyl groups excluding tert-OH is 4. The van der Waals surface area contributed by atoms with Crippen molar-refractivity contribution in [2.24, 2.45) is 0 Å². The van der Waals surface area contributed by atoms with Crippen molar-refractivity contribution in [3.63, 3.8) is 0 Å². The van der Waals surface area contributed by atoms with Gasteiger partial charge in [0.05, 0.1) is 17.7 Å². The van der Waals surface area contributed by atoms with E-state index in [4.69, 9.17) is 4.74 Å². The Kier molecular flexibility index (Phi) is 5.55. The van der Waals surface area contributed by atoms with Crippen LogP contribution in [-0.2, 0) is 10.3 Å². The smallest absolute Gasteiger partial charge is 0.339 e. The van der Waals surface area contributed by atoms with Crippen LogP contribution in [0.15, 0.2) is 18.2 Å². The molecule has 0 unspecified atom stereocenters. The van der Waals surface area contributed by atoms with Crippen LogP contribution in [0.2, 0.25) is 0 Å². The number of aromatic hydroxyl groups is 3. The largest absolute Gasteiger partial charge is 0.508 e. The summed E-state index contributed by atoms with van der Waals surface area (Å²) in [6.07, 6.45) is -9.17. The number of carboxylic acid groups (broad SMARTS) is 1. The Labute approximate surface area is 191 Å². The second kappa shape index (κ2) is 7.91. The first-order chi connectivity index (χ1) is 15.9. The standard InChI is InChI=1S/C22H22O12/c1-6-2-8-14(16(27)12(6)21(31)32)17(28)13-9(3-7(24)4-10(13)25)22(8,33)20-19(30)18(29)15(26)11(5-23)34-20/h2-4,11,15,18-20,23-27,29-30,33H,5H2,1H3,(H,31,32)/t11-,15-,18+,19-,20-,22+/m1/s1. The van der Waals surface area contributed by atoms with Crippen LogP contribution in [0, 0.1) is 6.92 Å². The predicted octanol–water partition coefficient (Wildman–Crippen LogP) is -1.57. The number of ketones is 1. The molecule has 1 aliphatic carbocycles. The fourth-order valence-corrected chi connectivity index (χ4v) is 4.78. The van der Waals surface area contributed by atoms with E-state index >= 15 is 0 Å². The summed E-state index contributed by atoms with van der Waals surface area (Å²) in [5, 5.41) is 93.5. The lowest BCUT2D eigenvalue weighted by molar-refractivity contribution is -0.265. The minimum Gasteiger partial charge on any atom is -0.508 e. The van der Waals surface area contributed by atoms with Gasteiger partial charge in [-0.3, -0.25) is 4.79 Å². The van der Waals surface area contributed by atoms with Crippen LogP contribution in [0.1, 0.15) is 43.0 Å². The van der Waals surface area contributed by atoms with E-state index < -0.39 is 99.5 Å². The average Bonchev–Trinajstić information content (AvgIpc) is 2.75. The first-order valence-electron chi connectivity index (χ1n) is 10.1. The molecule has 0 bridgehead atoms. The number of aromatic carboxylic acids is 1. The van der Waals surface area contributed by atoms with Gasteiger partial charge in [-0.2, -0.15) is 0 Å². The normalized spacial score (nSPS) is 30.5. The Balaban J connectivity index is 2.11. The van der Waals surface area contributed by atoms with Crippen molar-refractivity contribution in [3.05, 3.63) is 51.6 Å². The first-order valence-corrected chi connectivity index (χ1v) is 10.1. The van der Waals surface area contributed by atoms with Gasteiger partial charge in [-0.1, -0.05) is 6.07 Å². The number of carboxylic acids is 1. The summed E-state index contributed by atoms with van der Waals surface area (Å²) in [6.45, 7) is 0.431. The molecule has 1 heterocycles. The zero-order chi connectivity index (χ0) is 25.3. The Morgan fingerprint density at radius 3 is 2.21 bits per heavy atom. The molecule has 0 saturated carbocycles. The predicted molar refractivity (Wildman–Crippen MR) is 110 cm³/mol. The third-order valence-electron chi connectivity index (χ3n) is 6.39. The quantitative estimate of drug-likeness (QED) is 0.244. The monoisotopic (exact) mass is 478 g/mol. The highest BCUT2D eigenvalue weighted by Gasteiger charge is 2.58. The summed E-state index contributed by atoms with van der Waals surface area (Å²) in [7, 11) is 0. The number of carbonyl (C=O) groups excluding carboxylic acids is 1. The highest BCUT2D eigenvalue weighted by atomic mass is 16.6. The number of aryl methyl sites for hydroxylation is 1. The number of rotatable bonds is 3. The number of ether oxygens (including phenoxy) is 1. The van der Waals surface area contributed by atoms with Crippen LogP contribution < -0.4 is 0 Å². The Morgan fingerprint density at radius 1 is 1.00 bits per heavy atom. The van der Waals surface area contributed by atoms with Crippen LogP contribution in [0.4, 0.5) is 0 Å². The van der Waals surface area contributed by atoms with Gasteiger partial charge in [-0.15, -0.1) is 0 Å². The second-order valence-electron chi connectivity index (χ2n) is 8.38. The fraction of sp³-hybridized carbons (Fsp3) is 0.364. The van der Waals surface area contributed by atoms with Crippen LogP contribution >= 0.6 is 0 Å². The number of hydrogen-bond acceptors (Lipinski definition) is 11. The summed E-state index contributed by atoms with van der Waals surface area (Å²) in [5.41, 5.74) is -5.69. The van der Waals surface area contributed by atoms with Gasteiger partial charge in [-0.05, 0) is 18.6 Å². The molecule has 182 valence electrons. The molecule has 1 aliphatic heterocycles. The molecule has 34 heavy (non-hydrogen) atoms. The third-order valence-corrected chi connectivity index (χ3v) is 6.39.